The number of hydrogen-bond acceptors (Lipinski definition) is 2. The van der Waals surface area contributed by atoms with Crippen molar-refractivity contribution in [2.45, 2.75) is 24.4 Å². The zero-order valence-corrected chi connectivity index (χ0v) is 10.5. The Morgan fingerprint density at radius 2 is 2.25 bits per heavy atom. The van der Waals surface area contributed by atoms with Crippen molar-refractivity contribution in [1.82, 2.24) is 0 Å². The number of esters is 1. The average Bonchev–Trinajstić information content (AvgIpc) is 2.23. The molecule has 1 aliphatic rings. The predicted octanol–water partition coefficient (Wildman–Crippen LogP) is 2.99. The molecule has 0 heterocycles. The predicted molar refractivity (Wildman–Crippen MR) is 62.0 cm³/mol. The zero-order valence-electron chi connectivity index (χ0n) is 8.87. The molecule has 0 amide bonds. The van der Waals surface area contributed by atoms with Crippen molar-refractivity contribution >= 4 is 21.9 Å². The van der Waals surface area contributed by atoms with Crippen molar-refractivity contribution in [1.29, 1.82) is 0 Å². The molecule has 0 aromatic heterocycles. The van der Waals surface area contributed by atoms with E-state index in [1.54, 1.807) is 0 Å². The summed E-state index contributed by atoms with van der Waals surface area (Å²) in [6.45, 7) is 0. The van der Waals surface area contributed by atoms with Gasteiger partial charge in [-0.25, -0.2) is 4.39 Å². The number of alkyl halides is 1. The Morgan fingerprint density at radius 3 is 2.75 bits per heavy atom. The molecule has 2 rings (SSSR count). The minimum atomic E-state index is -0.905. The molecule has 1 aliphatic carbocycles. The van der Waals surface area contributed by atoms with Crippen LogP contribution in [0.4, 0.5) is 4.39 Å². The molecule has 0 radical (unpaired) electrons. The van der Waals surface area contributed by atoms with Crippen molar-refractivity contribution < 1.29 is 13.9 Å². The maximum Gasteiger partial charge on any atom is 0.316 e. The highest BCUT2D eigenvalue weighted by Gasteiger charge is 2.52. The second kappa shape index (κ2) is 4.17. The second-order valence-corrected chi connectivity index (χ2v) is 5.01. The van der Waals surface area contributed by atoms with Gasteiger partial charge < -0.3 is 4.74 Å². The van der Waals surface area contributed by atoms with Crippen molar-refractivity contribution in [2.24, 2.45) is 0 Å². The van der Waals surface area contributed by atoms with Crippen LogP contribution in [-0.4, -0.2) is 19.3 Å². The smallest absolute Gasteiger partial charge is 0.316 e. The first-order chi connectivity index (χ1) is 7.58. The highest BCUT2D eigenvalue weighted by atomic mass is 79.9. The van der Waals surface area contributed by atoms with E-state index in [-0.39, 0.29) is 18.8 Å². The second-order valence-electron chi connectivity index (χ2n) is 4.09. The molecule has 4 heteroatoms. The van der Waals surface area contributed by atoms with Gasteiger partial charge in [0.05, 0.1) is 12.5 Å². The van der Waals surface area contributed by atoms with Gasteiger partial charge in [0.15, 0.2) is 0 Å². The average molecular weight is 287 g/mol. The van der Waals surface area contributed by atoms with E-state index in [2.05, 4.69) is 15.9 Å². The molecule has 0 saturated heterocycles. The fraction of sp³-hybridized carbons (Fsp3) is 0.417. The number of benzene rings is 1. The molecular weight excluding hydrogens is 275 g/mol. The minimum Gasteiger partial charge on any atom is -0.468 e. The Hall–Kier alpha value is -0.900. The van der Waals surface area contributed by atoms with Gasteiger partial charge in [0.2, 0.25) is 0 Å². The van der Waals surface area contributed by atoms with Crippen LogP contribution < -0.4 is 0 Å². The van der Waals surface area contributed by atoms with E-state index in [1.165, 1.54) is 7.11 Å². The van der Waals surface area contributed by atoms with E-state index in [4.69, 9.17) is 4.74 Å². The third-order valence-corrected chi connectivity index (χ3v) is 3.59. The third kappa shape index (κ3) is 1.75. The minimum absolute atomic E-state index is 0.218. The van der Waals surface area contributed by atoms with E-state index in [9.17, 15) is 9.18 Å². The Bertz CT molecular complexity index is 413. The summed E-state index contributed by atoms with van der Waals surface area (Å²) in [6, 6.07) is 7.41. The highest BCUT2D eigenvalue weighted by Crippen LogP contribution is 2.46. The summed E-state index contributed by atoms with van der Waals surface area (Å²) in [7, 11) is 1.34. The van der Waals surface area contributed by atoms with Gasteiger partial charge in [0, 0.05) is 4.47 Å². The van der Waals surface area contributed by atoms with Crippen LogP contribution in [0.2, 0.25) is 0 Å². The summed E-state index contributed by atoms with van der Waals surface area (Å²) in [4.78, 5) is 11.8. The van der Waals surface area contributed by atoms with Crippen LogP contribution in [0.3, 0.4) is 0 Å². The van der Waals surface area contributed by atoms with Crippen LogP contribution in [0.15, 0.2) is 28.7 Å². The molecule has 16 heavy (non-hydrogen) atoms. The fourth-order valence-corrected chi connectivity index (χ4v) is 2.60. The molecule has 1 fully saturated rings. The first-order valence-corrected chi connectivity index (χ1v) is 5.86. The highest BCUT2D eigenvalue weighted by molar-refractivity contribution is 9.10. The van der Waals surface area contributed by atoms with Gasteiger partial charge in [0.1, 0.15) is 6.17 Å². The van der Waals surface area contributed by atoms with Gasteiger partial charge in [-0.15, -0.1) is 0 Å². The molecule has 0 atom stereocenters. The molecule has 0 unspecified atom stereocenters. The summed E-state index contributed by atoms with van der Waals surface area (Å²) < 4.78 is 18.7. The third-order valence-electron chi connectivity index (χ3n) is 3.09. The van der Waals surface area contributed by atoms with Crippen molar-refractivity contribution in [2.75, 3.05) is 7.11 Å². The Labute approximate surface area is 102 Å². The van der Waals surface area contributed by atoms with Crippen LogP contribution >= 0.6 is 15.9 Å². The summed E-state index contributed by atoms with van der Waals surface area (Å²) >= 11 is 3.35. The van der Waals surface area contributed by atoms with Gasteiger partial charge in [-0.05, 0) is 30.5 Å². The van der Waals surface area contributed by atoms with Gasteiger partial charge in [0.25, 0.3) is 0 Å². The first kappa shape index (κ1) is 11.6. The topological polar surface area (TPSA) is 26.3 Å². The lowest BCUT2D eigenvalue weighted by Crippen LogP contribution is -2.49. The lowest BCUT2D eigenvalue weighted by Gasteiger charge is -2.41. The fourth-order valence-electron chi connectivity index (χ4n) is 2.20. The quantitative estimate of drug-likeness (QED) is 0.782. The van der Waals surface area contributed by atoms with E-state index < -0.39 is 11.6 Å². The molecule has 1 saturated carbocycles. The zero-order chi connectivity index (χ0) is 11.8. The lowest BCUT2D eigenvalue weighted by molar-refractivity contribution is -0.154. The van der Waals surface area contributed by atoms with E-state index in [1.807, 2.05) is 24.3 Å². The number of hydrogen-bond donors (Lipinski definition) is 0. The largest absolute Gasteiger partial charge is 0.468 e. The Morgan fingerprint density at radius 1 is 1.56 bits per heavy atom. The number of carbonyl (C=O) groups is 1. The Balaban J connectivity index is 2.37. The van der Waals surface area contributed by atoms with Crippen molar-refractivity contribution in [3.05, 3.63) is 34.3 Å². The van der Waals surface area contributed by atoms with Gasteiger partial charge in [-0.1, -0.05) is 28.1 Å². The maximum absolute atomic E-state index is 13.1. The van der Waals surface area contributed by atoms with Crippen LogP contribution in [0.5, 0.6) is 0 Å². The number of rotatable bonds is 2. The van der Waals surface area contributed by atoms with E-state index >= 15 is 0 Å². The van der Waals surface area contributed by atoms with Crippen LogP contribution in [0.1, 0.15) is 18.4 Å². The molecule has 0 spiro atoms. The normalized spacial score (nSPS) is 28.3. The van der Waals surface area contributed by atoms with Crippen LogP contribution in [-0.2, 0) is 14.9 Å². The summed E-state index contributed by atoms with van der Waals surface area (Å²) in [5, 5.41) is 0. The van der Waals surface area contributed by atoms with Crippen molar-refractivity contribution in [3.8, 4) is 0 Å². The number of halogens is 2. The van der Waals surface area contributed by atoms with Gasteiger partial charge >= 0.3 is 5.97 Å². The molecule has 1 aromatic carbocycles. The SMILES string of the molecule is COC(=O)C1(c2cccc(Br)c2)CC(F)C1. The molecule has 1 aromatic rings. The molecule has 0 bridgehead atoms. The molecular formula is C12H12BrFO2. The number of carbonyl (C=O) groups excluding carboxylic acids is 1. The standard InChI is InChI=1S/C12H12BrFO2/c1-16-11(15)12(6-10(14)7-12)8-3-2-4-9(13)5-8/h2-5,10H,6-7H2,1H3. The monoisotopic (exact) mass is 286 g/mol. The molecule has 0 aliphatic heterocycles. The van der Waals surface area contributed by atoms with E-state index in [0.717, 1.165) is 10.0 Å². The lowest BCUT2D eigenvalue weighted by atomic mass is 9.63. The summed E-state index contributed by atoms with van der Waals surface area (Å²) in [5.74, 6) is -0.348. The Kier molecular flexibility index (Phi) is 3.02. The summed E-state index contributed by atoms with van der Waals surface area (Å²) in [6.07, 6.45) is -0.468. The number of methoxy groups -OCH3 is 1. The van der Waals surface area contributed by atoms with Gasteiger partial charge in [-0.2, -0.15) is 0 Å². The molecule has 2 nitrogen and oxygen atoms in total. The molecule has 86 valence electrons. The van der Waals surface area contributed by atoms with E-state index in [0.29, 0.717) is 0 Å². The van der Waals surface area contributed by atoms with Crippen molar-refractivity contribution in [3.63, 3.8) is 0 Å². The van der Waals surface area contributed by atoms with Crippen LogP contribution in [0.25, 0.3) is 0 Å². The molecule has 0 N–H and O–H groups in total. The summed E-state index contributed by atoms with van der Waals surface area (Å²) in [5.41, 5.74) is 0.0421. The van der Waals surface area contributed by atoms with Gasteiger partial charge in [-0.3, -0.25) is 4.79 Å². The van der Waals surface area contributed by atoms with Crippen LogP contribution in [0, 0.1) is 0 Å². The maximum atomic E-state index is 13.1. The number of ether oxygens (including phenoxy) is 1. The first-order valence-electron chi connectivity index (χ1n) is 5.07.